The van der Waals surface area contributed by atoms with Gasteiger partial charge in [-0.15, -0.1) is 0 Å². The number of hydrogen-bond acceptors (Lipinski definition) is 6. The van der Waals surface area contributed by atoms with Crippen molar-refractivity contribution >= 4 is 34.1 Å². The monoisotopic (exact) mass is 489 g/mol. The molecule has 2 amide bonds. The number of amides is 2. The van der Waals surface area contributed by atoms with Crippen molar-refractivity contribution in [2.75, 3.05) is 30.3 Å². The van der Waals surface area contributed by atoms with E-state index in [1.54, 1.807) is 12.3 Å². The first-order chi connectivity index (χ1) is 17.4. The highest BCUT2D eigenvalue weighted by Gasteiger charge is 2.18. The van der Waals surface area contributed by atoms with E-state index in [0.29, 0.717) is 24.1 Å². The van der Waals surface area contributed by atoms with E-state index in [1.807, 2.05) is 6.07 Å². The number of benzene rings is 2. The van der Waals surface area contributed by atoms with Crippen molar-refractivity contribution in [3.8, 4) is 0 Å². The van der Waals surface area contributed by atoms with Crippen LogP contribution in [0.3, 0.4) is 0 Å². The van der Waals surface area contributed by atoms with E-state index in [9.17, 15) is 18.4 Å². The average molecular weight is 489 g/mol. The highest BCUT2D eigenvalue weighted by Crippen LogP contribution is 2.24. The molecule has 3 N–H and O–H groups in total. The minimum absolute atomic E-state index is 0.00633. The Morgan fingerprint density at radius 3 is 2.58 bits per heavy atom. The first-order valence-electron chi connectivity index (χ1n) is 11.2. The maximum absolute atomic E-state index is 14.3. The van der Waals surface area contributed by atoms with Gasteiger partial charge < -0.3 is 20.7 Å². The molecular formula is C26H21F2N5O3. The van der Waals surface area contributed by atoms with Crippen molar-refractivity contribution in [3.63, 3.8) is 0 Å². The van der Waals surface area contributed by atoms with Gasteiger partial charge in [-0.25, -0.2) is 13.6 Å². The molecule has 2 aromatic carbocycles. The largest absolute Gasteiger partial charge is 0.371 e. The van der Waals surface area contributed by atoms with Crippen LogP contribution in [0.1, 0.15) is 27.7 Å². The van der Waals surface area contributed by atoms with Gasteiger partial charge in [-0.2, -0.15) is 0 Å². The fourth-order valence-electron chi connectivity index (χ4n) is 3.93. The number of urea groups is 1. The number of rotatable bonds is 5. The molecule has 0 saturated carbocycles. The van der Waals surface area contributed by atoms with E-state index >= 15 is 0 Å². The topological polar surface area (TPSA) is 105 Å². The third-order valence-corrected chi connectivity index (χ3v) is 5.62. The Kier molecular flexibility index (Phi) is 6.61. The van der Waals surface area contributed by atoms with Crippen LogP contribution in [0.4, 0.5) is 25.0 Å². The molecule has 1 aliphatic rings. The lowest BCUT2D eigenvalue weighted by molar-refractivity contribution is 0.0276. The summed E-state index contributed by atoms with van der Waals surface area (Å²) in [6.07, 6.45) is 3.07. The van der Waals surface area contributed by atoms with Crippen LogP contribution >= 0.6 is 0 Å². The Morgan fingerprint density at radius 1 is 0.944 bits per heavy atom. The second-order valence-corrected chi connectivity index (χ2v) is 8.24. The van der Waals surface area contributed by atoms with Crippen LogP contribution in [-0.2, 0) is 4.74 Å². The van der Waals surface area contributed by atoms with Gasteiger partial charge in [0.2, 0.25) is 5.78 Å². The molecule has 8 nitrogen and oxygen atoms in total. The van der Waals surface area contributed by atoms with E-state index in [4.69, 9.17) is 4.74 Å². The predicted molar refractivity (Wildman–Crippen MR) is 130 cm³/mol. The van der Waals surface area contributed by atoms with Crippen molar-refractivity contribution < 1.29 is 23.1 Å². The van der Waals surface area contributed by atoms with Gasteiger partial charge in [0.15, 0.2) is 0 Å². The molecule has 0 bridgehead atoms. The number of nitrogens with zero attached hydrogens (tertiary/aromatic N) is 2. The molecule has 182 valence electrons. The van der Waals surface area contributed by atoms with E-state index < -0.39 is 23.4 Å². The Bertz CT molecular complexity index is 1460. The number of ether oxygens (including phenoxy) is 1. The van der Waals surface area contributed by atoms with Crippen LogP contribution in [0, 0.1) is 11.6 Å². The van der Waals surface area contributed by atoms with Crippen LogP contribution < -0.4 is 16.0 Å². The molecule has 1 unspecified atom stereocenters. The molecule has 0 radical (unpaired) electrons. The molecule has 4 aromatic rings. The number of carbonyl (C=O) groups excluding carboxylic acids is 2. The maximum atomic E-state index is 14.3. The molecular weight excluding hydrogens is 468 g/mol. The van der Waals surface area contributed by atoms with Gasteiger partial charge in [0.1, 0.15) is 17.3 Å². The minimum atomic E-state index is -0.716. The molecule has 5 rings (SSSR count). The SMILES string of the molecule is O=C(Nc1cccc(F)c1)Nc1cc(F)cc(C(=O)c2cc3cc(C4CNCCO4)cnc3cn2)c1. The number of pyridine rings is 2. The van der Waals surface area contributed by atoms with Crippen LogP contribution in [0.15, 0.2) is 67.0 Å². The quantitative estimate of drug-likeness (QED) is 0.358. The zero-order chi connectivity index (χ0) is 25.1. The fourth-order valence-corrected chi connectivity index (χ4v) is 3.93. The molecule has 3 heterocycles. The number of nitrogens with one attached hydrogen (secondary N) is 3. The summed E-state index contributed by atoms with van der Waals surface area (Å²) in [5, 5.41) is 8.87. The summed E-state index contributed by atoms with van der Waals surface area (Å²) < 4.78 is 33.4. The van der Waals surface area contributed by atoms with Gasteiger partial charge in [-0.3, -0.25) is 14.8 Å². The van der Waals surface area contributed by atoms with E-state index in [-0.39, 0.29) is 28.7 Å². The predicted octanol–water partition coefficient (Wildman–Crippen LogP) is 4.44. The summed E-state index contributed by atoms with van der Waals surface area (Å²) in [6, 6.07) is 11.6. The van der Waals surface area contributed by atoms with Crippen molar-refractivity contribution in [2.24, 2.45) is 0 Å². The van der Waals surface area contributed by atoms with Crippen LogP contribution in [-0.4, -0.2) is 41.5 Å². The normalized spacial score (nSPS) is 15.4. The maximum Gasteiger partial charge on any atom is 0.323 e. The van der Waals surface area contributed by atoms with Gasteiger partial charge in [0.25, 0.3) is 0 Å². The second kappa shape index (κ2) is 10.1. The van der Waals surface area contributed by atoms with Gasteiger partial charge in [0.05, 0.1) is 24.4 Å². The Labute approximate surface area is 204 Å². The molecule has 2 aromatic heterocycles. The molecule has 1 fully saturated rings. The third kappa shape index (κ3) is 5.35. The summed E-state index contributed by atoms with van der Waals surface area (Å²) in [5.74, 6) is -1.75. The van der Waals surface area contributed by atoms with Crippen molar-refractivity contribution in [2.45, 2.75) is 6.10 Å². The summed E-state index contributed by atoms with van der Waals surface area (Å²) in [4.78, 5) is 34.0. The fraction of sp³-hybridized carbons (Fsp3) is 0.154. The van der Waals surface area contributed by atoms with Gasteiger partial charge >= 0.3 is 6.03 Å². The standard InChI is InChI=1S/C26H21F2N5O3/c27-18-2-1-3-20(10-18)32-26(35)33-21-8-16(7-19(28)11-21)25(34)22-9-15-6-17(12-30-23(15)13-31-22)24-14-29-4-5-36-24/h1-3,6-13,24,29H,4-5,14H2,(H2,32,33,35). The lowest BCUT2D eigenvalue weighted by Crippen LogP contribution is -2.33. The van der Waals surface area contributed by atoms with Crippen LogP contribution in [0.2, 0.25) is 0 Å². The molecule has 1 saturated heterocycles. The van der Waals surface area contributed by atoms with Gasteiger partial charge in [-0.05, 0) is 48.5 Å². The van der Waals surface area contributed by atoms with Gasteiger partial charge in [-0.1, -0.05) is 6.07 Å². The first-order valence-corrected chi connectivity index (χ1v) is 11.2. The summed E-state index contributed by atoms with van der Waals surface area (Å²) in [5.41, 5.74) is 1.87. The van der Waals surface area contributed by atoms with Crippen molar-refractivity contribution in [1.82, 2.24) is 15.3 Å². The number of aromatic nitrogens is 2. The minimum Gasteiger partial charge on any atom is -0.371 e. The molecule has 1 atom stereocenters. The molecule has 0 spiro atoms. The van der Waals surface area contributed by atoms with Crippen LogP contribution in [0.25, 0.3) is 10.9 Å². The Morgan fingerprint density at radius 2 is 1.78 bits per heavy atom. The highest BCUT2D eigenvalue weighted by molar-refractivity contribution is 6.10. The number of hydrogen-bond donors (Lipinski definition) is 3. The number of morpholine rings is 1. The smallest absolute Gasteiger partial charge is 0.323 e. The molecule has 0 aliphatic carbocycles. The highest BCUT2D eigenvalue weighted by atomic mass is 19.1. The lowest BCUT2D eigenvalue weighted by atomic mass is 10.0. The van der Waals surface area contributed by atoms with E-state index in [1.165, 1.54) is 30.5 Å². The zero-order valence-electron chi connectivity index (χ0n) is 18.9. The summed E-state index contributed by atoms with van der Waals surface area (Å²) in [7, 11) is 0. The number of halogens is 2. The molecule has 36 heavy (non-hydrogen) atoms. The van der Waals surface area contributed by atoms with Crippen molar-refractivity contribution in [3.05, 3.63) is 95.4 Å². The number of carbonyl (C=O) groups is 2. The number of fused-ring (bicyclic) bond motifs is 1. The Balaban J connectivity index is 1.36. The summed E-state index contributed by atoms with van der Waals surface area (Å²) >= 11 is 0. The van der Waals surface area contributed by atoms with E-state index in [2.05, 4.69) is 25.9 Å². The van der Waals surface area contributed by atoms with Crippen molar-refractivity contribution in [1.29, 1.82) is 0 Å². The lowest BCUT2D eigenvalue weighted by Gasteiger charge is -2.23. The zero-order valence-corrected chi connectivity index (χ0v) is 18.9. The first kappa shape index (κ1) is 23.5. The number of anilines is 2. The average Bonchev–Trinajstić information content (AvgIpc) is 2.87. The van der Waals surface area contributed by atoms with E-state index in [0.717, 1.165) is 30.3 Å². The van der Waals surface area contributed by atoms with Gasteiger partial charge in [0, 0.05) is 47.2 Å². The second-order valence-electron chi connectivity index (χ2n) is 8.24. The molecule has 1 aliphatic heterocycles. The summed E-state index contributed by atoms with van der Waals surface area (Å²) in [6.45, 7) is 2.05. The Hall–Kier alpha value is -4.28. The number of ketones is 1. The molecule has 10 heteroatoms. The van der Waals surface area contributed by atoms with Crippen LogP contribution in [0.5, 0.6) is 0 Å². The third-order valence-electron chi connectivity index (χ3n) is 5.62.